The molecule has 4 aliphatic heterocycles. The molecule has 3 saturated heterocycles. The number of phenolic OH excluding ortho intramolecular Hbond substituents is 2. The molecule has 6 unspecified atom stereocenters. The summed E-state index contributed by atoms with van der Waals surface area (Å²) in [4.78, 5) is 72.5. The number of carboxylic acid groups (broad SMARTS) is 3. The van der Waals surface area contributed by atoms with E-state index in [4.69, 9.17) is 20.2 Å². The van der Waals surface area contributed by atoms with Gasteiger partial charge in [0, 0.05) is 34.6 Å². The topological polar surface area (TPSA) is 288 Å². The number of oxime groups is 1. The van der Waals surface area contributed by atoms with E-state index in [0.29, 0.717) is 52.9 Å². The number of nitrogen functional groups attached to an aromatic ring is 1. The van der Waals surface area contributed by atoms with Crippen molar-refractivity contribution in [2.45, 2.75) is 42.2 Å². The Morgan fingerprint density at radius 3 is 2.64 bits per heavy atom. The molecule has 0 radical (unpaired) electrons. The van der Waals surface area contributed by atoms with Gasteiger partial charge in [-0.1, -0.05) is 10.3 Å². The van der Waals surface area contributed by atoms with Gasteiger partial charge in [0.2, 0.25) is 6.10 Å². The second-order valence-electron chi connectivity index (χ2n) is 12.4. The third kappa shape index (κ3) is 5.61. The number of thiazole rings is 1. The number of rotatable bonds is 11. The van der Waals surface area contributed by atoms with Crippen molar-refractivity contribution in [3.8, 4) is 11.5 Å². The van der Waals surface area contributed by atoms with Crippen LogP contribution in [-0.2, 0) is 35.4 Å². The van der Waals surface area contributed by atoms with Crippen LogP contribution >= 0.6 is 23.1 Å². The van der Waals surface area contributed by atoms with Crippen LogP contribution < -0.4 is 11.1 Å². The number of hydrogen-bond donors (Lipinski definition) is 7. The van der Waals surface area contributed by atoms with Crippen LogP contribution in [0.25, 0.3) is 11.0 Å². The minimum atomic E-state index is -1.94. The summed E-state index contributed by atoms with van der Waals surface area (Å²) < 4.78 is 5.83. The number of carbonyl (C=O) groups excluding carboxylic acids is 2. The minimum Gasteiger partial charge on any atom is -0.504 e. The van der Waals surface area contributed by atoms with Gasteiger partial charge in [-0.05, 0) is 6.07 Å². The van der Waals surface area contributed by atoms with Crippen molar-refractivity contribution in [1.82, 2.24) is 20.4 Å². The number of piperidine rings is 1. The molecule has 262 valence electrons. The maximum atomic E-state index is 13.6. The molecule has 0 aliphatic carbocycles. The molecule has 8 N–H and O–H groups in total. The van der Waals surface area contributed by atoms with E-state index < -0.39 is 59.4 Å². The summed E-state index contributed by atoms with van der Waals surface area (Å²) in [5.41, 5.74) is 6.30. The Balaban J connectivity index is 1.14. The van der Waals surface area contributed by atoms with Crippen LogP contribution in [-0.4, -0.2) is 123 Å². The van der Waals surface area contributed by atoms with Crippen molar-refractivity contribution in [3.63, 3.8) is 0 Å². The van der Waals surface area contributed by atoms with Gasteiger partial charge in [-0.25, -0.2) is 14.6 Å². The fourth-order valence-corrected chi connectivity index (χ4v) is 9.38. The lowest BCUT2D eigenvalue weighted by molar-refractivity contribution is -0.929. The van der Waals surface area contributed by atoms with Crippen LogP contribution in [0.2, 0.25) is 0 Å². The normalized spacial score (nSPS) is 26.2. The Kier molecular flexibility index (Phi) is 8.06. The SMILES string of the molecule is Nc1nc(C(=NOC(CC(=O)O)C(=O)O)C(=O)NC2C(=O)N3C(C(=O)O)=C4C[N+]5(Cc6noc7cc(O)c(O)cc67)CCC(C5)C4SC23)cs1. The Labute approximate surface area is 288 Å². The van der Waals surface area contributed by atoms with Gasteiger partial charge < -0.3 is 50.4 Å². The van der Waals surface area contributed by atoms with Gasteiger partial charge in [-0.2, -0.15) is 0 Å². The van der Waals surface area contributed by atoms with Crippen LogP contribution in [0.15, 0.2) is 38.5 Å². The first-order valence-corrected chi connectivity index (χ1v) is 16.9. The van der Waals surface area contributed by atoms with Gasteiger partial charge in [-0.3, -0.25) is 19.3 Å². The van der Waals surface area contributed by atoms with E-state index in [1.807, 2.05) is 0 Å². The number of carboxylic acids is 3. The van der Waals surface area contributed by atoms with Gasteiger partial charge in [0.1, 0.15) is 41.6 Å². The molecule has 1 aromatic carbocycles. The van der Waals surface area contributed by atoms with Crippen LogP contribution in [0.3, 0.4) is 0 Å². The molecule has 19 nitrogen and oxygen atoms in total. The first kappa shape index (κ1) is 33.1. The largest absolute Gasteiger partial charge is 0.504 e. The van der Waals surface area contributed by atoms with Crippen LogP contribution in [0.4, 0.5) is 5.13 Å². The molecule has 2 bridgehead atoms. The highest BCUT2D eigenvalue weighted by molar-refractivity contribution is 8.01. The molecule has 6 heterocycles. The monoisotopic (exact) mass is 730 g/mol. The number of hydrogen-bond acceptors (Lipinski definition) is 15. The summed E-state index contributed by atoms with van der Waals surface area (Å²) in [6, 6.07) is 1.46. The number of aromatic hydroxyl groups is 2. The number of benzene rings is 1. The molecule has 21 heteroatoms. The van der Waals surface area contributed by atoms with Crippen molar-refractivity contribution < 1.29 is 63.3 Å². The van der Waals surface area contributed by atoms with E-state index in [1.54, 1.807) is 0 Å². The minimum absolute atomic E-state index is 0.0219. The average molecular weight is 731 g/mol. The molecule has 0 saturated carbocycles. The smallest absolute Gasteiger partial charge is 0.352 e. The van der Waals surface area contributed by atoms with Gasteiger partial charge in [0.05, 0.1) is 24.9 Å². The molecular formula is C29H28N7O12S2+. The molecule has 7 rings (SSSR count). The zero-order valence-electron chi connectivity index (χ0n) is 25.6. The Morgan fingerprint density at radius 2 is 1.96 bits per heavy atom. The predicted octanol–water partition coefficient (Wildman–Crippen LogP) is 0.0840. The Morgan fingerprint density at radius 1 is 1.20 bits per heavy atom. The number of fused-ring (bicyclic) bond motifs is 6. The summed E-state index contributed by atoms with van der Waals surface area (Å²) >= 11 is 2.31. The number of nitrogens with two attached hydrogens (primary N) is 1. The second-order valence-corrected chi connectivity index (χ2v) is 14.6. The molecule has 2 aromatic heterocycles. The molecule has 3 fully saturated rings. The third-order valence-corrected chi connectivity index (χ3v) is 11.6. The molecule has 3 aromatic rings. The summed E-state index contributed by atoms with van der Waals surface area (Å²) in [7, 11) is 0. The molecule has 50 heavy (non-hydrogen) atoms. The van der Waals surface area contributed by atoms with Crippen molar-refractivity contribution in [2.24, 2.45) is 11.1 Å². The summed E-state index contributed by atoms with van der Waals surface area (Å²) in [5.74, 6) is -6.77. The Bertz CT molecular complexity index is 2040. The average Bonchev–Trinajstić information content (AvgIpc) is 3.76. The zero-order chi connectivity index (χ0) is 35.6. The number of aromatic nitrogens is 2. The fourth-order valence-electron chi connectivity index (χ4n) is 7.07. The standard InChI is InChI=1S/C29H27N7O12S2/c30-29-31-14(9-49-29)20(34-48-18(27(43)44)5-19(39)40)24(41)32-21-25(42)35-22(28(45)46)12-7-36(2-1-10(6-36)23(12)50-26(21)35)8-13-11-3-15(37)16(38)4-17(11)47-33-13/h3-4,9-10,18,21,23,26H,1-2,5-8H2,(H7-,30,31,32,33,34,37,38,39,40,41,43,44,45,46)/p+1. The number of amides is 2. The number of nitrogens with one attached hydrogen (secondary N) is 1. The number of nitrogens with zero attached hydrogens (tertiary/aromatic N) is 5. The fraction of sp³-hybridized carbons (Fsp3) is 0.379. The molecule has 0 spiro atoms. The molecule has 2 amide bonds. The number of β-lactam (4-membered cyclic amide) rings is 1. The maximum absolute atomic E-state index is 13.6. The van der Waals surface area contributed by atoms with E-state index in [2.05, 4.69) is 20.6 Å². The number of anilines is 1. The van der Waals surface area contributed by atoms with E-state index in [1.165, 1.54) is 29.3 Å². The van der Waals surface area contributed by atoms with E-state index >= 15 is 0 Å². The number of aliphatic carboxylic acids is 3. The Hall–Kier alpha value is -5.41. The highest BCUT2D eigenvalue weighted by Gasteiger charge is 2.61. The second kappa shape index (κ2) is 12.2. The van der Waals surface area contributed by atoms with Crippen LogP contribution in [0.5, 0.6) is 11.5 Å². The van der Waals surface area contributed by atoms with Gasteiger partial charge >= 0.3 is 17.9 Å². The number of phenols is 2. The van der Waals surface area contributed by atoms with Crippen molar-refractivity contribution >= 4 is 74.6 Å². The number of carbonyl (C=O) groups is 5. The third-order valence-electron chi connectivity index (χ3n) is 9.25. The van der Waals surface area contributed by atoms with E-state index in [9.17, 15) is 44.4 Å². The lowest BCUT2D eigenvalue weighted by Gasteiger charge is -2.54. The maximum Gasteiger partial charge on any atom is 0.352 e. The first-order chi connectivity index (χ1) is 23.7. The summed E-state index contributed by atoms with van der Waals surface area (Å²) in [6.07, 6.45) is -2.15. The number of quaternary nitrogens is 1. The highest BCUT2D eigenvalue weighted by Crippen LogP contribution is 2.53. The highest BCUT2D eigenvalue weighted by atomic mass is 32.2. The number of thioether (sulfide) groups is 1. The lowest BCUT2D eigenvalue weighted by atomic mass is 9.90. The van der Waals surface area contributed by atoms with Gasteiger partial charge in [0.25, 0.3) is 11.8 Å². The summed E-state index contributed by atoms with van der Waals surface area (Å²) in [6.45, 7) is 2.02. The lowest BCUT2D eigenvalue weighted by Crippen LogP contribution is -2.72. The van der Waals surface area contributed by atoms with E-state index in [0.717, 1.165) is 22.7 Å². The van der Waals surface area contributed by atoms with Crippen LogP contribution in [0, 0.1) is 5.92 Å². The predicted molar refractivity (Wildman–Crippen MR) is 170 cm³/mol. The van der Waals surface area contributed by atoms with Gasteiger partial charge in [0.15, 0.2) is 27.9 Å². The molecular weight excluding hydrogens is 702 g/mol. The first-order valence-electron chi connectivity index (χ1n) is 15.1. The molecule has 6 atom stereocenters. The van der Waals surface area contributed by atoms with Crippen molar-refractivity contribution in [2.75, 3.05) is 25.4 Å². The van der Waals surface area contributed by atoms with Crippen molar-refractivity contribution in [3.05, 3.63) is 40.2 Å². The van der Waals surface area contributed by atoms with Gasteiger partial charge in [-0.15, -0.1) is 23.1 Å². The van der Waals surface area contributed by atoms with Crippen molar-refractivity contribution in [1.29, 1.82) is 0 Å². The molecule has 4 aliphatic rings. The zero-order valence-corrected chi connectivity index (χ0v) is 27.2. The summed E-state index contributed by atoms with van der Waals surface area (Å²) in [5, 5.41) is 59.8. The quantitative estimate of drug-likeness (QED) is 0.0452. The van der Waals surface area contributed by atoms with Crippen LogP contribution in [0.1, 0.15) is 24.2 Å². The van der Waals surface area contributed by atoms with E-state index in [-0.39, 0.29) is 39.2 Å².